The van der Waals surface area contributed by atoms with Gasteiger partial charge in [0.1, 0.15) is 11.5 Å². The Morgan fingerprint density at radius 3 is 2.52 bits per heavy atom. The number of aryl methyl sites for hydroxylation is 1. The van der Waals surface area contributed by atoms with Gasteiger partial charge in [0.15, 0.2) is 0 Å². The smallest absolute Gasteiger partial charge is 0.255 e. The summed E-state index contributed by atoms with van der Waals surface area (Å²) in [7, 11) is 1.59. The summed E-state index contributed by atoms with van der Waals surface area (Å²) < 4.78 is 10.9. The van der Waals surface area contributed by atoms with Crippen molar-refractivity contribution in [2.75, 3.05) is 19.0 Å². The number of carbonyl (C=O) groups excluding carboxylic acids is 1. The maximum absolute atomic E-state index is 12.4. The second-order valence-corrected chi connectivity index (χ2v) is 5.38. The number of rotatable bonds is 7. The predicted molar refractivity (Wildman–Crippen MR) is 92.5 cm³/mol. The third-order valence-electron chi connectivity index (χ3n) is 3.49. The lowest BCUT2D eigenvalue weighted by Crippen LogP contribution is -2.12. The fourth-order valence-electron chi connectivity index (χ4n) is 2.15. The van der Waals surface area contributed by atoms with Crippen LogP contribution >= 0.6 is 0 Å². The van der Waals surface area contributed by atoms with E-state index in [1.807, 2.05) is 37.3 Å². The van der Waals surface area contributed by atoms with Gasteiger partial charge >= 0.3 is 0 Å². The first-order chi connectivity index (χ1) is 11.1. The highest BCUT2D eigenvalue weighted by Gasteiger charge is 2.10. The minimum atomic E-state index is -0.172. The molecule has 1 N–H and O–H groups in total. The van der Waals surface area contributed by atoms with Crippen molar-refractivity contribution in [3.63, 3.8) is 0 Å². The van der Waals surface area contributed by atoms with Gasteiger partial charge in [0, 0.05) is 5.56 Å². The molecule has 0 aromatic heterocycles. The van der Waals surface area contributed by atoms with Crippen molar-refractivity contribution < 1.29 is 14.3 Å². The number of benzene rings is 2. The number of hydrogen-bond donors (Lipinski definition) is 1. The summed E-state index contributed by atoms with van der Waals surface area (Å²) in [6, 6.07) is 12.8. The van der Waals surface area contributed by atoms with E-state index in [1.165, 1.54) is 0 Å². The van der Waals surface area contributed by atoms with Crippen LogP contribution in [0.2, 0.25) is 0 Å². The molecule has 0 saturated heterocycles. The normalized spacial score (nSPS) is 10.2. The van der Waals surface area contributed by atoms with E-state index in [2.05, 4.69) is 12.2 Å². The molecule has 0 fully saturated rings. The van der Waals surface area contributed by atoms with E-state index in [0.29, 0.717) is 23.6 Å². The zero-order valence-electron chi connectivity index (χ0n) is 13.9. The van der Waals surface area contributed by atoms with Crippen LogP contribution in [0.1, 0.15) is 35.7 Å². The molecule has 0 aliphatic rings. The number of anilines is 1. The van der Waals surface area contributed by atoms with E-state index in [-0.39, 0.29) is 5.91 Å². The van der Waals surface area contributed by atoms with Crippen LogP contribution in [0, 0.1) is 6.92 Å². The van der Waals surface area contributed by atoms with E-state index >= 15 is 0 Å². The molecule has 0 atom stereocenters. The summed E-state index contributed by atoms with van der Waals surface area (Å²) in [6.45, 7) is 4.79. The zero-order chi connectivity index (χ0) is 16.7. The van der Waals surface area contributed by atoms with Gasteiger partial charge in [0.25, 0.3) is 5.91 Å². The first-order valence-electron chi connectivity index (χ1n) is 7.83. The molecule has 1 amide bonds. The van der Waals surface area contributed by atoms with Crippen molar-refractivity contribution in [3.05, 3.63) is 53.6 Å². The Kier molecular flexibility index (Phi) is 6.03. The average Bonchev–Trinajstić information content (AvgIpc) is 2.56. The monoisotopic (exact) mass is 313 g/mol. The Hall–Kier alpha value is -2.49. The zero-order valence-corrected chi connectivity index (χ0v) is 13.9. The van der Waals surface area contributed by atoms with Crippen LogP contribution in [0.5, 0.6) is 11.5 Å². The van der Waals surface area contributed by atoms with Gasteiger partial charge in [-0.25, -0.2) is 0 Å². The third kappa shape index (κ3) is 4.74. The lowest BCUT2D eigenvalue weighted by molar-refractivity contribution is 0.102. The van der Waals surface area contributed by atoms with Crippen LogP contribution < -0.4 is 14.8 Å². The first kappa shape index (κ1) is 16.9. The Morgan fingerprint density at radius 2 is 1.87 bits per heavy atom. The molecule has 122 valence electrons. The fraction of sp³-hybridized carbons (Fsp3) is 0.316. The molecule has 0 saturated carbocycles. The summed E-state index contributed by atoms with van der Waals surface area (Å²) >= 11 is 0. The average molecular weight is 313 g/mol. The van der Waals surface area contributed by atoms with Gasteiger partial charge in [-0.05, 0) is 55.3 Å². The summed E-state index contributed by atoms with van der Waals surface area (Å²) in [5.74, 6) is 1.25. The van der Waals surface area contributed by atoms with Crippen LogP contribution in [-0.2, 0) is 0 Å². The molecule has 0 bridgehead atoms. The predicted octanol–water partition coefficient (Wildman–Crippen LogP) is 4.43. The Balaban J connectivity index is 2.05. The molecule has 2 rings (SSSR count). The lowest BCUT2D eigenvalue weighted by atomic mass is 10.1. The molecule has 4 heteroatoms. The topological polar surface area (TPSA) is 47.6 Å². The number of nitrogens with one attached hydrogen (secondary N) is 1. The van der Waals surface area contributed by atoms with Gasteiger partial charge in [0.2, 0.25) is 0 Å². The second kappa shape index (κ2) is 8.22. The Morgan fingerprint density at radius 1 is 1.13 bits per heavy atom. The molecular formula is C19H23NO3. The summed E-state index contributed by atoms with van der Waals surface area (Å²) in [5, 5.41) is 2.89. The molecule has 0 aliphatic heterocycles. The minimum absolute atomic E-state index is 0.172. The second-order valence-electron chi connectivity index (χ2n) is 5.38. The molecule has 0 aliphatic carbocycles. The van der Waals surface area contributed by atoms with Crippen molar-refractivity contribution in [2.45, 2.75) is 26.7 Å². The number of hydrogen-bond acceptors (Lipinski definition) is 3. The molecule has 0 radical (unpaired) electrons. The maximum Gasteiger partial charge on any atom is 0.255 e. The first-order valence-corrected chi connectivity index (χ1v) is 7.83. The number of methoxy groups -OCH3 is 1. The highest BCUT2D eigenvalue weighted by atomic mass is 16.5. The largest absolute Gasteiger partial charge is 0.495 e. The molecule has 0 heterocycles. The Bertz CT molecular complexity index is 650. The third-order valence-corrected chi connectivity index (χ3v) is 3.49. The summed E-state index contributed by atoms with van der Waals surface area (Å²) in [4.78, 5) is 12.4. The number of carbonyl (C=O) groups is 1. The van der Waals surface area contributed by atoms with E-state index in [1.54, 1.807) is 19.2 Å². The highest BCUT2D eigenvalue weighted by Crippen LogP contribution is 2.26. The van der Waals surface area contributed by atoms with Gasteiger partial charge < -0.3 is 14.8 Å². The molecule has 0 spiro atoms. The van der Waals surface area contributed by atoms with Crippen LogP contribution in [0.25, 0.3) is 0 Å². The van der Waals surface area contributed by atoms with Crippen LogP contribution in [0.4, 0.5) is 5.69 Å². The molecule has 2 aromatic carbocycles. The summed E-state index contributed by atoms with van der Waals surface area (Å²) in [5.41, 5.74) is 2.30. The van der Waals surface area contributed by atoms with Gasteiger partial charge in [0.05, 0.1) is 19.4 Å². The highest BCUT2D eigenvalue weighted by molar-refractivity contribution is 6.05. The number of ether oxygens (including phenoxy) is 2. The van der Waals surface area contributed by atoms with Crippen molar-refractivity contribution in [1.29, 1.82) is 0 Å². The van der Waals surface area contributed by atoms with Gasteiger partial charge in [-0.1, -0.05) is 19.4 Å². The van der Waals surface area contributed by atoms with E-state index in [0.717, 1.165) is 24.2 Å². The molecular weight excluding hydrogens is 290 g/mol. The van der Waals surface area contributed by atoms with E-state index in [9.17, 15) is 4.79 Å². The van der Waals surface area contributed by atoms with Crippen molar-refractivity contribution in [2.24, 2.45) is 0 Å². The van der Waals surface area contributed by atoms with Crippen LogP contribution in [0.3, 0.4) is 0 Å². The lowest BCUT2D eigenvalue weighted by Gasteiger charge is -2.11. The fourth-order valence-corrected chi connectivity index (χ4v) is 2.15. The standard InChI is InChI=1S/C19H23NO3/c1-4-5-12-23-16-9-7-15(8-10-16)19(21)20-17-13-14(2)6-11-18(17)22-3/h6-11,13H,4-5,12H2,1-3H3,(H,20,21). The van der Waals surface area contributed by atoms with Gasteiger partial charge in [-0.15, -0.1) is 0 Å². The van der Waals surface area contributed by atoms with Gasteiger partial charge in [-0.2, -0.15) is 0 Å². The van der Waals surface area contributed by atoms with Crippen LogP contribution in [-0.4, -0.2) is 19.6 Å². The minimum Gasteiger partial charge on any atom is -0.495 e. The Labute approximate surface area is 137 Å². The quantitative estimate of drug-likeness (QED) is 0.769. The molecule has 23 heavy (non-hydrogen) atoms. The number of unbranched alkanes of at least 4 members (excludes halogenated alkanes) is 1. The maximum atomic E-state index is 12.4. The van der Waals surface area contributed by atoms with E-state index < -0.39 is 0 Å². The van der Waals surface area contributed by atoms with Crippen molar-refractivity contribution in [1.82, 2.24) is 0 Å². The molecule has 2 aromatic rings. The van der Waals surface area contributed by atoms with Crippen molar-refractivity contribution in [3.8, 4) is 11.5 Å². The van der Waals surface area contributed by atoms with Crippen molar-refractivity contribution >= 4 is 11.6 Å². The SMILES string of the molecule is CCCCOc1ccc(C(=O)Nc2cc(C)ccc2OC)cc1. The molecule has 4 nitrogen and oxygen atoms in total. The van der Waals surface area contributed by atoms with E-state index in [4.69, 9.17) is 9.47 Å². The summed E-state index contributed by atoms with van der Waals surface area (Å²) in [6.07, 6.45) is 2.12. The van der Waals surface area contributed by atoms with Crippen LogP contribution in [0.15, 0.2) is 42.5 Å². The number of amides is 1. The molecule has 0 unspecified atom stereocenters. The van der Waals surface area contributed by atoms with Gasteiger partial charge in [-0.3, -0.25) is 4.79 Å².